The summed E-state index contributed by atoms with van der Waals surface area (Å²) < 4.78 is 26.9. The number of carbonyl (C=O) groups is 4. The van der Waals surface area contributed by atoms with Crippen molar-refractivity contribution < 1.29 is 42.9 Å². The Hall–Kier alpha value is -4.71. The maximum atomic E-state index is 12.7. The van der Waals surface area contributed by atoms with Crippen LogP contribution in [0.25, 0.3) is 0 Å². The number of amides is 2. The zero-order valence-corrected chi connectivity index (χ0v) is 35.1. The van der Waals surface area contributed by atoms with Gasteiger partial charge in [-0.05, 0) is 72.8 Å². The predicted octanol–water partition coefficient (Wildman–Crippen LogP) is 8.47. The highest BCUT2D eigenvalue weighted by atomic mass is 32.3. The fourth-order valence-electron chi connectivity index (χ4n) is 4.57. The summed E-state index contributed by atoms with van der Waals surface area (Å²) in [6.07, 6.45) is 6.09. The Bertz CT molecular complexity index is 1510. The molecule has 0 aliphatic heterocycles. The van der Waals surface area contributed by atoms with Gasteiger partial charge in [-0.3, -0.25) is 4.79 Å². The van der Waals surface area contributed by atoms with E-state index in [4.69, 9.17) is 18.9 Å². The molecule has 11 nitrogen and oxygen atoms in total. The van der Waals surface area contributed by atoms with Crippen LogP contribution in [0.4, 0.5) is 9.59 Å². The van der Waals surface area contributed by atoms with Crippen molar-refractivity contribution in [2.24, 2.45) is 5.92 Å². The molecule has 2 amide bonds. The minimum Gasteiger partial charge on any atom is -0.494 e. The molecule has 0 radical (unpaired) electrons. The molecule has 0 heterocycles. The van der Waals surface area contributed by atoms with Gasteiger partial charge in [0.25, 0.3) is 0 Å². The van der Waals surface area contributed by atoms with Crippen molar-refractivity contribution in [2.45, 2.75) is 85.6 Å². The number of rotatable bonds is 19. The molecule has 0 spiro atoms. The van der Waals surface area contributed by atoms with E-state index in [0.717, 1.165) is 28.4 Å². The first-order valence-corrected chi connectivity index (χ1v) is 21.8. The lowest BCUT2D eigenvalue weighted by atomic mass is 10.0. The fraction of sp³-hybridized carbons (Fsp3) is 0.488. The molecular weight excluding hydrogens is 721 g/mol. The molecule has 0 saturated carbocycles. The van der Waals surface area contributed by atoms with Crippen LogP contribution in [0.15, 0.2) is 84.9 Å². The third-order valence-corrected chi connectivity index (χ3v) is 8.57. The standard InChI is InChI=1S/C37H48N2O9S.C4H10.C2H6/c1-44-36(42)39-33(35(41)47-26-28-13-7-5-8-14-28)19-12-20-45-32-18-11-17-30(24-32)23-31(25-34(40)46-21-22-49(2,3)4)38-37(43)48-27-29-15-9-6-10-16-29;1-4(2)3;1-2/h5-11,13-18,24,31,33H,12,19-23,25-27H2,1-4H3,(H,38,43)(H,39,42);4H,1-3H3;1-2H3/t31-,33-;;/m0../s1. The number of methoxy groups -OCH3 is 1. The van der Waals surface area contributed by atoms with E-state index in [1.807, 2.05) is 92.7 Å². The Morgan fingerprint density at radius 3 is 1.82 bits per heavy atom. The fourth-order valence-corrected chi connectivity index (χ4v) is 5.16. The van der Waals surface area contributed by atoms with Gasteiger partial charge >= 0.3 is 24.1 Å². The molecule has 0 saturated heterocycles. The number of nitrogens with one attached hydrogen (secondary N) is 2. The lowest BCUT2D eigenvalue weighted by molar-refractivity contribution is -0.147. The molecule has 0 aromatic heterocycles. The number of ether oxygens (including phenoxy) is 5. The van der Waals surface area contributed by atoms with E-state index in [1.165, 1.54) is 7.11 Å². The van der Waals surface area contributed by atoms with Crippen LogP contribution in [-0.4, -0.2) is 81.1 Å². The average Bonchev–Trinajstić information content (AvgIpc) is 3.15. The molecule has 2 atom stereocenters. The Kier molecular flexibility index (Phi) is 24.4. The van der Waals surface area contributed by atoms with Gasteiger partial charge in [0.2, 0.25) is 0 Å². The molecule has 3 rings (SSSR count). The molecular formula is C43H64N2O9S. The van der Waals surface area contributed by atoms with Gasteiger partial charge in [0.05, 0.1) is 26.7 Å². The average molecular weight is 785 g/mol. The van der Waals surface area contributed by atoms with Gasteiger partial charge in [-0.2, -0.15) is 0 Å². The van der Waals surface area contributed by atoms with Crippen LogP contribution in [0.3, 0.4) is 0 Å². The van der Waals surface area contributed by atoms with Crippen molar-refractivity contribution >= 4 is 34.2 Å². The molecule has 0 aliphatic rings. The van der Waals surface area contributed by atoms with Gasteiger partial charge in [-0.15, -0.1) is 0 Å². The first kappa shape index (κ1) is 48.3. The quantitative estimate of drug-likeness (QED) is 0.0697. The van der Waals surface area contributed by atoms with Crippen LogP contribution in [-0.2, 0) is 48.2 Å². The maximum absolute atomic E-state index is 12.7. The van der Waals surface area contributed by atoms with Crippen molar-refractivity contribution in [3.05, 3.63) is 102 Å². The smallest absolute Gasteiger partial charge is 0.407 e. The van der Waals surface area contributed by atoms with Gasteiger partial charge in [0.1, 0.15) is 25.0 Å². The van der Waals surface area contributed by atoms with Crippen molar-refractivity contribution in [3.8, 4) is 5.75 Å². The first-order valence-electron chi connectivity index (χ1n) is 18.8. The highest BCUT2D eigenvalue weighted by Gasteiger charge is 2.23. The highest BCUT2D eigenvalue weighted by Crippen LogP contribution is 2.33. The molecule has 0 aliphatic carbocycles. The van der Waals surface area contributed by atoms with Gasteiger partial charge in [-0.25, -0.2) is 24.4 Å². The molecule has 0 bridgehead atoms. The molecule has 306 valence electrons. The van der Waals surface area contributed by atoms with Gasteiger partial charge in [-0.1, -0.05) is 107 Å². The number of hydrogen-bond acceptors (Lipinski definition) is 9. The largest absolute Gasteiger partial charge is 0.494 e. The lowest BCUT2D eigenvalue weighted by Gasteiger charge is -2.24. The SMILES string of the molecule is CC.CC(C)C.COC(=O)N[C@@H](CCCOc1cccc(C[C@@H](CC(=O)OCCS(C)(C)C)NC(=O)OCc2ccccc2)c1)C(=O)OCc1ccccc1. The highest BCUT2D eigenvalue weighted by molar-refractivity contribution is 8.32. The predicted molar refractivity (Wildman–Crippen MR) is 222 cm³/mol. The summed E-state index contributed by atoms with van der Waals surface area (Å²) in [6.45, 7) is 11.3. The maximum Gasteiger partial charge on any atom is 0.407 e. The molecule has 55 heavy (non-hydrogen) atoms. The summed E-state index contributed by atoms with van der Waals surface area (Å²) in [5.74, 6) is 1.23. The van der Waals surface area contributed by atoms with E-state index in [-0.39, 0.29) is 32.7 Å². The molecule has 3 aromatic rings. The van der Waals surface area contributed by atoms with Gasteiger partial charge in [0, 0.05) is 11.8 Å². The molecule has 0 fully saturated rings. The van der Waals surface area contributed by atoms with Crippen LogP contribution in [0.1, 0.15) is 70.6 Å². The molecule has 2 N–H and O–H groups in total. The van der Waals surface area contributed by atoms with Crippen molar-refractivity contribution in [2.75, 3.05) is 44.8 Å². The zero-order chi connectivity index (χ0) is 41.1. The van der Waals surface area contributed by atoms with Crippen LogP contribution in [0.2, 0.25) is 0 Å². The van der Waals surface area contributed by atoms with Crippen LogP contribution in [0.5, 0.6) is 5.75 Å². The van der Waals surface area contributed by atoms with Gasteiger partial charge < -0.3 is 34.3 Å². The second kappa shape index (κ2) is 27.8. The Morgan fingerprint density at radius 2 is 1.25 bits per heavy atom. The summed E-state index contributed by atoms with van der Waals surface area (Å²) >= 11 is 0. The number of carbonyl (C=O) groups excluding carboxylic acids is 4. The third-order valence-electron chi connectivity index (χ3n) is 7.18. The normalized spacial score (nSPS) is 11.9. The minimum atomic E-state index is -0.913. The zero-order valence-electron chi connectivity index (χ0n) is 34.3. The summed E-state index contributed by atoms with van der Waals surface area (Å²) in [6, 6.07) is 24.4. The van der Waals surface area contributed by atoms with Crippen LogP contribution in [0, 0.1) is 5.92 Å². The first-order chi connectivity index (χ1) is 26.2. The van der Waals surface area contributed by atoms with E-state index in [0.29, 0.717) is 25.2 Å². The van der Waals surface area contributed by atoms with E-state index in [9.17, 15) is 19.2 Å². The van der Waals surface area contributed by atoms with E-state index >= 15 is 0 Å². The topological polar surface area (TPSA) is 138 Å². The number of alkyl carbamates (subject to hydrolysis) is 2. The van der Waals surface area contributed by atoms with E-state index < -0.39 is 46.2 Å². The molecule has 3 aromatic carbocycles. The summed E-state index contributed by atoms with van der Waals surface area (Å²) in [7, 11) is 0.404. The second-order valence-corrected chi connectivity index (χ2v) is 18.6. The lowest BCUT2D eigenvalue weighted by Crippen LogP contribution is -2.42. The second-order valence-electron chi connectivity index (χ2n) is 14.0. The Labute approximate surface area is 330 Å². The van der Waals surface area contributed by atoms with Crippen LogP contribution < -0.4 is 15.4 Å². The van der Waals surface area contributed by atoms with Crippen molar-refractivity contribution in [1.82, 2.24) is 10.6 Å². The van der Waals surface area contributed by atoms with Crippen LogP contribution >= 0.6 is 10.0 Å². The summed E-state index contributed by atoms with van der Waals surface area (Å²) in [5, 5.41) is 5.35. The summed E-state index contributed by atoms with van der Waals surface area (Å²) in [4.78, 5) is 50.1. The number of hydrogen-bond donors (Lipinski definition) is 2. The molecule has 12 heteroatoms. The minimum absolute atomic E-state index is 0.0278. The Morgan fingerprint density at radius 1 is 0.691 bits per heavy atom. The molecule has 0 unspecified atom stereocenters. The number of esters is 2. The van der Waals surface area contributed by atoms with Gasteiger partial charge in [0.15, 0.2) is 0 Å². The Balaban J connectivity index is 0.00000236. The van der Waals surface area contributed by atoms with Crippen molar-refractivity contribution in [1.29, 1.82) is 0 Å². The monoisotopic (exact) mass is 784 g/mol. The van der Waals surface area contributed by atoms with E-state index in [2.05, 4.69) is 54.9 Å². The number of benzene rings is 3. The third kappa shape index (κ3) is 24.3. The van der Waals surface area contributed by atoms with E-state index in [1.54, 1.807) is 6.07 Å². The van der Waals surface area contributed by atoms with Crippen molar-refractivity contribution in [3.63, 3.8) is 0 Å². The summed E-state index contributed by atoms with van der Waals surface area (Å²) in [5.41, 5.74) is 2.50.